The van der Waals surface area contributed by atoms with E-state index in [2.05, 4.69) is 0 Å². The van der Waals surface area contributed by atoms with Crippen molar-refractivity contribution in [2.75, 3.05) is 26.7 Å². The second-order valence-corrected chi connectivity index (χ2v) is 4.29. The van der Waals surface area contributed by atoms with E-state index in [0.29, 0.717) is 13.2 Å². The number of fused-ring (bicyclic) bond motifs is 1. The number of nitrogens with zero attached hydrogens (tertiary/aromatic N) is 1. The normalized spacial score (nSPS) is 14.7. The Labute approximate surface area is 101 Å². The third kappa shape index (κ3) is 2.58. The van der Waals surface area contributed by atoms with Crippen LogP contribution in [0.15, 0.2) is 18.2 Å². The summed E-state index contributed by atoms with van der Waals surface area (Å²) in [5.74, 6) is 0.830. The maximum absolute atomic E-state index is 11.9. The van der Waals surface area contributed by atoms with Crippen LogP contribution in [0.4, 0.5) is 0 Å². The summed E-state index contributed by atoms with van der Waals surface area (Å²) >= 11 is 0. The molecule has 0 bridgehead atoms. The molecule has 0 saturated heterocycles. The predicted octanol–water partition coefficient (Wildman–Crippen LogP) is 1.04. The molecule has 0 radical (unpaired) electrons. The number of benzene rings is 1. The van der Waals surface area contributed by atoms with Gasteiger partial charge in [-0.05, 0) is 37.1 Å². The van der Waals surface area contributed by atoms with Crippen LogP contribution in [0.25, 0.3) is 0 Å². The van der Waals surface area contributed by atoms with Crippen molar-refractivity contribution >= 4 is 5.91 Å². The van der Waals surface area contributed by atoms with Crippen LogP contribution < -0.4 is 10.5 Å². The maximum Gasteiger partial charge on any atom is 0.254 e. The van der Waals surface area contributed by atoms with Crippen molar-refractivity contribution in [2.45, 2.75) is 12.8 Å². The Kier molecular flexibility index (Phi) is 3.64. The lowest BCUT2D eigenvalue weighted by molar-refractivity contribution is 0.0780. The fourth-order valence-electron chi connectivity index (χ4n) is 1.93. The van der Waals surface area contributed by atoms with Crippen LogP contribution in [0.3, 0.4) is 0 Å². The highest BCUT2D eigenvalue weighted by molar-refractivity contribution is 5.97. The fourth-order valence-corrected chi connectivity index (χ4v) is 1.93. The van der Waals surface area contributed by atoms with Crippen LogP contribution >= 0.6 is 0 Å². The molecular weight excluding hydrogens is 216 g/mol. The summed E-state index contributed by atoms with van der Waals surface area (Å²) in [5.41, 5.74) is 7.28. The summed E-state index contributed by atoms with van der Waals surface area (Å²) in [6, 6.07) is 5.75. The Bertz CT molecular complexity index is 418. The van der Waals surface area contributed by atoms with Gasteiger partial charge in [-0.2, -0.15) is 0 Å². The van der Waals surface area contributed by atoms with Crippen molar-refractivity contribution in [1.82, 2.24) is 4.90 Å². The molecule has 4 nitrogen and oxygen atoms in total. The number of carbonyl (C=O) groups excluding carboxylic acids is 1. The van der Waals surface area contributed by atoms with Gasteiger partial charge in [0.05, 0.1) is 6.61 Å². The van der Waals surface area contributed by atoms with E-state index in [0.717, 1.165) is 36.3 Å². The summed E-state index contributed by atoms with van der Waals surface area (Å²) in [6.45, 7) is 2.01. The molecule has 92 valence electrons. The molecule has 0 saturated carbocycles. The number of carbonyl (C=O) groups is 1. The molecule has 4 heteroatoms. The molecule has 2 N–H and O–H groups in total. The van der Waals surface area contributed by atoms with Gasteiger partial charge in [0.25, 0.3) is 5.91 Å². The summed E-state index contributed by atoms with van der Waals surface area (Å²) < 4.78 is 5.55. The molecule has 0 spiro atoms. The molecule has 17 heavy (non-hydrogen) atoms. The number of amides is 1. The second-order valence-electron chi connectivity index (χ2n) is 4.29. The SMILES string of the molecule is CN1CCc2ccc(OCCCN)cc2C1=O. The minimum absolute atomic E-state index is 0.0792. The number of rotatable bonds is 4. The van der Waals surface area contributed by atoms with E-state index in [4.69, 9.17) is 10.5 Å². The molecule has 0 atom stereocenters. The summed E-state index contributed by atoms with van der Waals surface area (Å²) in [6.07, 6.45) is 1.74. The van der Waals surface area contributed by atoms with Crippen LogP contribution in [0.2, 0.25) is 0 Å². The Morgan fingerprint density at radius 3 is 3.06 bits per heavy atom. The van der Waals surface area contributed by atoms with Gasteiger partial charge < -0.3 is 15.4 Å². The average molecular weight is 234 g/mol. The minimum atomic E-state index is 0.0792. The first kappa shape index (κ1) is 11.9. The first-order valence-corrected chi connectivity index (χ1v) is 5.93. The first-order valence-electron chi connectivity index (χ1n) is 5.93. The van der Waals surface area contributed by atoms with Crippen LogP contribution in [-0.2, 0) is 6.42 Å². The number of hydrogen-bond acceptors (Lipinski definition) is 3. The topological polar surface area (TPSA) is 55.6 Å². The van der Waals surface area contributed by atoms with E-state index in [1.165, 1.54) is 0 Å². The molecule has 0 unspecified atom stereocenters. The first-order chi connectivity index (χ1) is 8.22. The molecule has 1 aromatic rings. The van der Waals surface area contributed by atoms with Gasteiger partial charge in [0.1, 0.15) is 5.75 Å². The van der Waals surface area contributed by atoms with Gasteiger partial charge in [0, 0.05) is 19.2 Å². The molecule has 1 aliphatic heterocycles. The van der Waals surface area contributed by atoms with E-state index < -0.39 is 0 Å². The Morgan fingerprint density at radius 2 is 2.29 bits per heavy atom. The van der Waals surface area contributed by atoms with Crippen molar-refractivity contribution in [3.63, 3.8) is 0 Å². The molecule has 0 aromatic heterocycles. The third-order valence-electron chi connectivity index (χ3n) is 2.99. The summed E-state index contributed by atoms with van der Waals surface area (Å²) in [7, 11) is 1.83. The van der Waals surface area contributed by atoms with Crippen molar-refractivity contribution < 1.29 is 9.53 Å². The third-order valence-corrected chi connectivity index (χ3v) is 2.99. The van der Waals surface area contributed by atoms with E-state index >= 15 is 0 Å². The van der Waals surface area contributed by atoms with Crippen molar-refractivity contribution in [3.8, 4) is 5.75 Å². The smallest absolute Gasteiger partial charge is 0.254 e. The minimum Gasteiger partial charge on any atom is -0.494 e. The highest BCUT2D eigenvalue weighted by atomic mass is 16.5. The molecular formula is C13H18N2O2. The van der Waals surface area contributed by atoms with Crippen LogP contribution in [0, 0.1) is 0 Å². The molecule has 1 amide bonds. The summed E-state index contributed by atoms with van der Waals surface area (Å²) in [5, 5.41) is 0. The van der Waals surface area contributed by atoms with Gasteiger partial charge >= 0.3 is 0 Å². The molecule has 1 heterocycles. The lowest BCUT2D eigenvalue weighted by Crippen LogP contribution is -2.34. The number of hydrogen-bond donors (Lipinski definition) is 1. The van der Waals surface area contributed by atoms with E-state index in [9.17, 15) is 4.79 Å². The van der Waals surface area contributed by atoms with E-state index in [1.54, 1.807) is 4.90 Å². The van der Waals surface area contributed by atoms with Crippen molar-refractivity contribution in [1.29, 1.82) is 0 Å². The van der Waals surface area contributed by atoms with Crippen molar-refractivity contribution in [2.24, 2.45) is 5.73 Å². The highest BCUT2D eigenvalue weighted by Gasteiger charge is 2.21. The summed E-state index contributed by atoms with van der Waals surface area (Å²) in [4.78, 5) is 13.7. The van der Waals surface area contributed by atoms with Gasteiger partial charge in [-0.15, -0.1) is 0 Å². The molecule has 2 rings (SSSR count). The predicted molar refractivity (Wildman–Crippen MR) is 66.3 cm³/mol. The quantitative estimate of drug-likeness (QED) is 0.792. The zero-order valence-corrected chi connectivity index (χ0v) is 10.1. The van der Waals surface area contributed by atoms with Crippen molar-refractivity contribution in [3.05, 3.63) is 29.3 Å². The van der Waals surface area contributed by atoms with Gasteiger partial charge in [0.2, 0.25) is 0 Å². The van der Waals surface area contributed by atoms with Gasteiger partial charge in [0.15, 0.2) is 0 Å². The van der Waals surface area contributed by atoms with Gasteiger partial charge in [-0.25, -0.2) is 0 Å². The zero-order chi connectivity index (χ0) is 12.3. The molecule has 1 aromatic carbocycles. The van der Waals surface area contributed by atoms with Gasteiger partial charge in [-0.1, -0.05) is 6.07 Å². The lowest BCUT2D eigenvalue weighted by atomic mass is 9.99. The van der Waals surface area contributed by atoms with Crippen LogP contribution in [0.5, 0.6) is 5.75 Å². The van der Waals surface area contributed by atoms with E-state index in [-0.39, 0.29) is 5.91 Å². The monoisotopic (exact) mass is 234 g/mol. The second kappa shape index (κ2) is 5.19. The standard InChI is InChI=1S/C13H18N2O2/c1-15-7-5-10-3-4-11(17-8-2-6-14)9-12(10)13(15)16/h3-4,9H,2,5-8,14H2,1H3. The molecule has 0 aliphatic carbocycles. The number of likely N-dealkylation sites (N-methyl/N-ethyl adjacent to an activating group) is 1. The molecule has 1 aliphatic rings. The zero-order valence-electron chi connectivity index (χ0n) is 10.1. The number of ether oxygens (including phenoxy) is 1. The Balaban J connectivity index is 2.15. The van der Waals surface area contributed by atoms with Gasteiger partial charge in [-0.3, -0.25) is 4.79 Å². The maximum atomic E-state index is 11.9. The van der Waals surface area contributed by atoms with E-state index in [1.807, 2.05) is 25.2 Å². The fraction of sp³-hybridized carbons (Fsp3) is 0.462. The number of nitrogens with two attached hydrogens (primary N) is 1. The highest BCUT2D eigenvalue weighted by Crippen LogP contribution is 2.23. The van der Waals surface area contributed by atoms with Crippen LogP contribution in [-0.4, -0.2) is 37.6 Å². The molecule has 0 fully saturated rings. The lowest BCUT2D eigenvalue weighted by Gasteiger charge is -2.25. The average Bonchev–Trinajstić information content (AvgIpc) is 2.35. The Hall–Kier alpha value is -1.55. The largest absolute Gasteiger partial charge is 0.494 e. The Morgan fingerprint density at radius 1 is 1.47 bits per heavy atom. The van der Waals surface area contributed by atoms with Crippen LogP contribution in [0.1, 0.15) is 22.3 Å².